The molecule has 0 spiro atoms. The molecule has 2 saturated carbocycles. The minimum absolute atomic E-state index is 0.0156. The number of carbonyl (C=O) groups excluding carboxylic acids is 1. The number of benzene rings is 1. The van der Waals surface area contributed by atoms with Crippen molar-refractivity contribution in [2.75, 3.05) is 6.61 Å². The Morgan fingerprint density at radius 3 is 2.36 bits per heavy atom. The zero-order valence-corrected chi connectivity index (χ0v) is 19.4. The van der Waals surface area contributed by atoms with Gasteiger partial charge in [0.2, 0.25) is 5.91 Å². The lowest BCUT2D eigenvalue weighted by Gasteiger charge is -2.29. The quantitative estimate of drug-likeness (QED) is 0.560. The van der Waals surface area contributed by atoms with Gasteiger partial charge in [-0.15, -0.1) is 0 Å². The van der Waals surface area contributed by atoms with Gasteiger partial charge in [0.05, 0.1) is 35.5 Å². The third-order valence-electron chi connectivity index (χ3n) is 7.33. The van der Waals surface area contributed by atoms with E-state index in [2.05, 4.69) is 10.3 Å². The van der Waals surface area contributed by atoms with E-state index < -0.39 is 11.4 Å². The van der Waals surface area contributed by atoms with Crippen LogP contribution in [0.5, 0.6) is 5.75 Å². The number of carbonyl (C=O) groups is 2. The number of carboxylic acids is 1. The van der Waals surface area contributed by atoms with Gasteiger partial charge in [0, 0.05) is 0 Å². The van der Waals surface area contributed by atoms with Gasteiger partial charge in [-0.3, -0.25) is 9.78 Å². The van der Waals surface area contributed by atoms with Crippen LogP contribution in [0.15, 0.2) is 42.6 Å². The second kappa shape index (κ2) is 10.4. The van der Waals surface area contributed by atoms with E-state index in [-0.39, 0.29) is 17.5 Å². The summed E-state index contributed by atoms with van der Waals surface area (Å²) in [5.74, 6) is 0.430. The fourth-order valence-corrected chi connectivity index (χ4v) is 5.23. The zero-order chi connectivity index (χ0) is 23.3. The van der Waals surface area contributed by atoms with Crippen LogP contribution in [-0.2, 0) is 10.2 Å². The highest BCUT2D eigenvalue weighted by Crippen LogP contribution is 2.41. The van der Waals surface area contributed by atoms with Crippen molar-refractivity contribution in [1.29, 1.82) is 0 Å². The fraction of sp³-hybridized carbons (Fsp3) is 0.519. The fourth-order valence-electron chi connectivity index (χ4n) is 5.23. The minimum atomic E-state index is -0.958. The van der Waals surface area contributed by atoms with Gasteiger partial charge in [-0.05, 0) is 68.4 Å². The molecule has 0 saturated heterocycles. The molecule has 1 atom stereocenters. The van der Waals surface area contributed by atoms with Gasteiger partial charge in [0.1, 0.15) is 5.75 Å². The Labute approximate surface area is 195 Å². The van der Waals surface area contributed by atoms with Gasteiger partial charge in [0.15, 0.2) is 0 Å². The highest BCUT2D eigenvalue weighted by molar-refractivity contribution is 5.89. The third-order valence-corrected chi connectivity index (χ3v) is 7.33. The number of hydrogen-bond donors (Lipinski definition) is 2. The smallest absolute Gasteiger partial charge is 0.335 e. The average molecular weight is 451 g/mol. The van der Waals surface area contributed by atoms with Crippen molar-refractivity contribution in [1.82, 2.24) is 10.3 Å². The Balaban J connectivity index is 1.42. The molecule has 176 valence electrons. The van der Waals surface area contributed by atoms with Crippen LogP contribution in [-0.4, -0.2) is 28.6 Å². The number of aromatic nitrogens is 1. The van der Waals surface area contributed by atoms with E-state index in [4.69, 9.17) is 9.84 Å². The monoisotopic (exact) mass is 450 g/mol. The van der Waals surface area contributed by atoms with E-state index in [9.17, 15) is 9.59 Å². The Hall–Kier alpha value is -2.89. The van der Waals surface area contributed by atoms with Crippen molar-refractivity contribution in [3.63, 3.8) is 0 Å². The average Bonchev–Trinajstić information content (AvgIpc) is 3.35. The maximum absolute atomic E-state index is 13.5. The van der Waals surface area contributed by atoms with Crippen molar-refractivity contribution in [2.24, 2.45) is 5.92 Å². The number of pyridine rings is 1. The van der Waals surface area contributed by atoms with E-state index >= 15 is 0 Å². The lowest BCUT2D eigenvalue weighted by molar-refractivity contribution is -0.127. The van der Waals surface area contributed by atoms with Gasteiger partial charge >= 0.3 is 5.97 Å². The molecule has 2 aromatic rings. The first kappa shape index (κ1) is 23.3. The summed E-state index contributed by atoms with van der Waals surface area (Å²) >= 11 is 0. The molecule has 2 N–H and O–H groups in total. The van der Waals surface area contributed by atoms with Crippen LogP contribution < -0.4 is 10.1 Å². The van der Waals surface area contributed by atoms with Crippen LogP contribution in [0, 0.1) is 5.92 Å². The molecule has 2 aliphatic carbocycles. The van der Waals surface area contributed by atoms with Crippen molar-refractivity contribution in [3.8, 4) is 5.75 Å². The number of ether oxygens (including phenoxy) is 1. The lowest BCUT2D eigenvalue weighted by atomic mass is 9.81. The van der Waals surface area contributed by atoms with Gasteiger partial charge in [-0.25, -0.2) is 4.79 Å². The van der Waals surface area contributed by atoms with Crippen LogP contribution in [0.1, 0.15) is 92.4 Å². The molecule has 0 radical (unpaired) electrons. The molecule has 33 heavy (non-hydrogen) atoms. The Kier molecular flexibility index (Phi) is 7.31. The highest BCUT2D eigenvalue weighted by Gasteiger charge is 2.44. The molecular formula is C27H34N2O4. The molecular weight excluding hydrogens is 416 g/mol. The number of nitrogens with one attached hydrogen (secondary N) is 1. The molecule has 0 bridgehead atoms. The number of amides is 1. The maximum Gasteiger partial charge on any atom is 0.335 e. The minimum Gasteiger partial charge on any atom is -0.492 e. The number of rotatable bonds is 8. The number of aromatic carboxylic acids is 1. The molecule has 2 aliphatic rings. The van der Waals surface area contributed by atoms with Crippen molar-refractivity contribution >= 4 is 11.9 Å². The van der Waals surface area contributed by atoms with E-state index in [1.54, 1.807) is 30.5 Å². The normalized spacial score (nSPS) is 19.1. The van der Waals surface area contributed by atoms with Gasteiger partial charge in [-0.1, -0.05) is 44.2 Å². The Bertz CT molecular complexity index is 943. The number of hydrogen-bond acceptors (Lipinski definition) is 4. The second-order valence-corrected chi connectivity index (χ2v) is 9.61. The molecule has 2 fully saturated rings. The van der Waals surface area contributed by atoms with Crippen LogP contribution in [0.2, 0.25) is 0 Å². The van der Waals surface area contributed by atoms with Gasteiger partial charge in [-0.2, -0.15) is 0 Å². The van der Waals surface area contributed by atoms with Crippen molar-refractivity contribution in [2.45, 2.75) is 76.2 Å². The first-order valence-electron chi connectivity index (χ1n) is 12.2. The summed E-state index contributed by atoms with van der Waals surface area (Å²) in [5, 5.41) is 12.2. The molecule has 1 heterocycles. The summed E-state index contributed by atoms with van der Waals surface area (Å²) < 4.78 is 6.00. The standard InChI is InChI=1S/C27H34N2O4/c1-19(21-9-11-22(12-10-21)25(30)31)29-26(32)27(15-5-6-16-27)24-14-13-23(17-28-24)33-18-20-7-3-2-4-8-20/h9-14,17,19-20H,2-8,15-16,18H2,1H3,(H,29,32)(H,30,31). The van der Waals surface area contributed by atoms with Gasteiger partial charge < -0.3 is 15.2 Å². The summed E-state index contributed by atoms with van der Waals surface area (Å²) in [6, 6.07) is 10.3. The first-order chi connectivity index (χ1) is 16.0. The van der Waals surface area contributed by atoms with E-state index in [0.717, 1.165) is 49.3 Å². The summed E-state index contributed by atoms with van der Waals surface area (Å²) in [5.41, 5.74) is 1.29. The SMILES string of the molecule is CC(NC(=O)C1(c2ccc(OCC3CCCCC3)cn2)CCCC1)c1ccc(C(=O)O)cc1. The Morgan fingerprint density at radius 2 is 1.76 bits per heavy atom. The molecule has 6 nitrogen and oxygen atoms in total. The van der Waals surface area contributed by atoms with Crippen LogP contribution in [0.3, 0.4) is 0 Å². The molecule has 1 unspecified atom stereocenters. The molecule has 1 aromatic carbocycles. The molecule has 4 rings (SSSR count). The Morgan fingerprint density at radius 1 is 1.06 bits per heavy atom. The topological polar surface area (TPSA) is 88.5 Å². The predicted octanol–water partition coefficient (Wildman–Crippen LogP) is 5.43. The highest BCUT2D eigenvalue weighted by atomic mass is 16.5. The maximum atomic E-state index is 13.5. The molecule has 1 aromatic heterocycles. The predicted molar refractivity (Wildman–Crippen MR) is 126 cm³/mol. The summed E-state index contributed by atoms with van der Waals surface area (Å²) in [6.45, 7) is 2.66. The van der Waals surface area contributed by atoms with Crippen molar-refractivity contribution < 1.29 is 19.4 Å². The van der Waals surface area contributed by atoms with Crippen LogP contribution >= 0.6 is 0 Å². The summed E-state index contributed by atoms with van der Waals surface area (Å²) in [6.07, 6.45) is 11.7. The lowest BCUT2D eigenvalue weighted by Crippen LogP contribution is -2.44. The molecule has 6 heteroatoms. The number of nitrogens with zero attached hydrogens (tertiary/aromatic N) is 1. The van der Waals surface area contributed by atoms with Crippen LogP contribution in [0.4, 0.5) is 0 Å². The largest absolute Gasteiger partial charge is 0.492 e. The van der Waals surface area contributed by atoms with Crippen molar-refractivity contribution in [3.05, 3.63) is 59.4 Å². The zero-order valence-electron chi connectivity index (χ0n) is 19.4. The first-order valence-corrected chi connectivity index (χ1v) is 12.2. The third kappa shape index (κ3) is 5.37. The van der Waals surface area contributed by atoms with E-state index in [1.807, 2.05) is 19.1 Å². The second-order valence-electron chi connectivity index (χ2n) is 9.61. The van der Waals surface area contributed by atoms with E-state index in [0.29, 0.717) is 5.92 Å². The van der Waals surface area contributed by atoms with Gasteiger partial charge in [0.25, 0.3) is 0 Å². The molecule has 0 aliphatic heterocycles. The number of carboxylic acid groups (broad SMARTS) is 1. The van der Waals surface area contributed by atoms with Crippen LogP contribution in [0.25, 0.3) is 0 Å². The summed E-state index contributed by atoms with van der Waals surface area (Å²) in [7, 11) is 0. The molecule has 1 amide bonds. The summed E-state index contributed by atoms with van der Waals surface area (Å²) in [4.78, 5) is 29.2. The van der Waals surface area contributed by atoms with E-state index in [1.165, 1.54) is 32.1 Å².